The van der Waals surface area contributed by atoms with Gasteiger partial charge in [0.05, 0.1) is 0 Å². The molecule has 1 saturated heterocycles. The van der Waals surface area contributed by atoms with Crippen molar-refractivity contribution in [1.29, 1.82) is 0 Å². The summed E-state index contributed by atoms with van der Waals surface area (Å²) in [5.41, 5.74) is -1.39. The van der Waals surface area contributed by atoms with E-state index in [4.69, 9.17) is 4.74 Å². The molecular formula is C16H28N2O3. The molecule has 0 bridgehead atoms. The SMILES string of the molecule is COCCCCN1C(=O)C(C)(C)NC(=O)C12CCCCC2. The van der Waals surface area contributed by atoms with Crippen LogP contribution < -0.4 is 5.32 Å². The molecule has 0 atom stereocenters. The van der Waals surface area contributed by atoms with E-state index >= 15 is 0 Å². The van der Waals surface area contributed by atoms with Crippen molar-refractivity contribution in [2.45, 2.75) is 69.9 Å². The number of hydrogen-bond donors (Lipinski definition) is 1. The van der Waals surface area contributed by atoms with Crippen molar-refractivity contribution in [3.05, 3.63) is 0 Å². The molecule has 2 amide bonds. The van der Waals surface area contributed by atoms with Crippen LogP contribution in [0.2, 0.25) is 0 Å². The average Bonchev–Trinajstić information content (AvgIpc) is 2.46. The summed E-state index contributed by atoms with van der Waals surface area (Å²) in [6.45, 7) is 4.94. The van der Waals surface area contributed by atoms with Crippen molar-refractivity contribution >= 4 is 11.8 Å². The summed E-state index contributed by atoms with van der Waals surface area (Å²) in [6, 6.07) is 0. The molecule has 1 N–H and O–H groups in total. The highest BCUT2D eigenvalue weighted by Gasteiger charge is 2.54. The second-order valence-electron chi connectivity index (χ2n) is 6.83. The van der Waals surface area contributed by atoms with Gasteiger partial charge in [0, 0.05) is 20.3 Å². The number of nitrogens with zero attached hydrogens (tertiary/aromatic N) is 1. The van der Waals surface area contributed by atoms with Crippen molar-refractivity contribution in [1.82, 2.24) is 10.2 Å². The third-order valence-corrected chi connectivity index (χ3v) is 4.81. The van der Waals surface area contributed by atoms with Gasteiger partial charge >= 0.3 is 0 Å². The zero-order valence-electron chi connectivity index (χ0n) is 13.5. The molecule has 0 unspecified atom stereocenters. The zero-order chi connectivity index (χ0) is 15.5. The Balaban J connectivity index is 2.18. The first-order valence-corrected chi connectivity index (χ1v) is 8.08. The van der Waals surface area contributed by atoms with Crippen LogP contribution in [0.1, 0.15) is 58.8 Å². The quantitative estimate of drug-likeness (QED) is 0.788. The first-order valence-electron chi connectivity index (χ1n) is 8.08. The molecule has 1 saturated carbocycles. The van der Waals surface area contributed by atoms with Gasteiger partial charge in [0.1, 0.15) is 11.1 Å². The number of unbranched alkanes of at least 4 members (excludes halogenated alkanes) is 1. The van der Waals surface area contributed by atoms with Crippen LogP contribution in [0.3, 0.4) is 0 Å². The van der Waals surface area contributed by atoms with Gasteiger partial charge in [0.25, 0.3) is 0 Å². The lowest BCUT2D eigenvalue weighted by atomic mass is 9.76. The van der Waals surface area contributed by atoms with E-state index in [9.17, 15) is 9.59 Å². The van der Waals surface area contributed by atoms with E-state index in [1.54, 1.807) is 21.0 Å². The normalized spacial score (nSPS) is 24.2. The van der Waals surface area contributed by atoms with Gasteiger partial charge in [0.15, 0.2) is 0 Å². The van der Waals surface area contributed by atoms with Crippen molar-refractivity contribution in [2.75, 3.05) is 20.3 Å². The van der Waals surface area contributed by atoms with Crippen LogP contribution in [0.15, 0.2) is 0 Å². The van der Waals surface area contributed by atoms with Gasteiger partial charge in [-0.15, -0.1) is 0 Å². The van der Waals surface area contributed by atoms with Gasteiger partial charge in [-0.2, -0.15) is 0 Å². The summed E-state index contributed by atoms with van der Waals surface area (Å²) < 4.78 is 5.07. The minimum absolute atomic E-state index is 0.0403. The number of ether oxygens (including phenoxy) is 1. The predicted molar refractivity (Wildman–Crippen MR) is 80.9 cm³/mol. The number of hydrogen-bond acceptors (Lipinski definition) is 3. The van der Waals surface area contributed by atoms with Crippen LogP contribution >= 0.6 is 0 Å². The average molecular weight is 296 g/mol. The first kappa shape index (κ1) is 16.3. The highest BCUT2D eigenvalue weighted by atomic mass is 16.5. The maximum atomic E-state index is 12.8. The molecule has 5 heteroatoms. The number of piperazine rings is 1. The topological polar surface area (TPSA) is 58.6 Å². The van der Waals surface area contributed by atoms with Gasteiger partial charge < -0.3 is 15.0 Å². The van der Waals surface area contributed by atoms with Crippen LogP contribution in [0, 0.1) is 0 Å². The fraction of sp³-hybridized carbons (Fsp3) is 0.875. The molecule has 5 nitrogen and oxygen atoms in total. The first-order chi connectivity index (χ1) is 9.94. The van der Waals surface area contributed by atoms with Gasteiger partial charge in [-0.3, -0.25) is 9.59 Å². The molecule has 1 spiro atoms. The molecule has 2 fully saturated rings. The van der Waals surface area contributed by atoms with Gasteiger partial charge in [-0.05, 0) is 39.5 Å². The standard InChI is InChI=1S/C16H28N2O3/c1-15(2)14(20)18(11-7-8-12-21-3)16(13(19)17-15)9-5-4-6-10-16/h4-12H2,1-3H3,(H,17,19). The number of carbonyl (C=O) groups is 2. The number of methoxy groups -OCH3 is 1. The molecule has 1 heterocycles. The molecule has 0 aromatic heterocycles. The van der Waals surface area contributed by atoms with Crippen molar-refractivity contribution in [2.24, 2.45) is 0 Å². The Morgan fingerprint density at radius 1 is 1.14 bits per heavy atom. The van der Waals surface area contributed by atoms with Crippen molar-refractivity contribution in [3.63, 3.8) is 0 Å². The van der Waals surface area contributed by atoms with E-state index < -0.39 is 11.1 Å². The zero-order valence-corrected chi connectivity index (χ0v) is 13.5. The molecule has 2 rings (SSSR count). The van der Waals surface area contributed by atoms with Crippen LogP contribution in [-0.2, 0) is 14.3 Å². The van der Waals surface area contributed by atoms with Crippen LogP contribution in [-0.4, -0.2) is 48.1 Å². The maximum absolute atomic E-state index is 12.8. The summed E-state index contributed by atoms with van der Waals surface area (Å²) >= 11 is 0. The highest BCUT2D eigenvalue weighted by Crippen LogP contribution is 2.38. The Hall–Kier alpha value is -1.10. The maximum Gasteiger partial charge on any atom is 0.248 e. The van der Waals surface area contributed by atoms with E-state index in [1.165, 1.54) is 0 Å². The molecule has 1 aliphatic carbocycles. The second-order valence-corrected chi connectivity index (χ2v) is 6.83. The number of carbonyl (C=O) groups excluding carboxylic acids is 2. The number of amides is 2. The van der Waals surface area contributed by atoms with Gasteiger partial charge in [0.2, 0.25) is 11.8 Å². The van der Waals surface area contributed by atoms with E-state index in [0.717, 1.165) is 44.9 Å². The summed E-state index contributed by atoms with van der Waals surface area (Å²) in [5.74, 6) is 0.0972. The molecule has 0 aromatic carbocycles. The van der Waals surface area contributed by atoms with Crippen LogP contribution in [0.5, 0.6) is 0 Å². The monoisotopic (exact) mass is 296 g/mol. The predicted octanol–water partition coefficient (Wildman–Crippen LogP) is 1.85. The Morgan fingerprint density at radius 2 is 1.81 bits per heavy atom. The largest absolute Gasteiger partial charge is 0.385 e. The molecule has 1 aliphatic heterocycles. The molecule has 0 aromatic rings. The second kappa shape index (κ2) is 6.34. The molecule has 21 heavy (non-hydrogen) atoms. The summed E-state index contributed by atoms with van der Waals surface area (Å²) in [5, 5.41) is 2.94. The van der Waals surface area contributed by atoms with Gasteiger partial charge in [-0.1, -0.05) is 19.3 Å². The molecule has 0 radical (unpaired) electrons. The Morgan fingerprint density at radius 3 is 2.43 bits per heavy atom. The minimum atomic E-state index is -0.791. The Kier molecular flexibility index (Phi) is 4.91. The van der Waals surface area contributed by atoms with Crippen LogP contribution in [0.4, 0.5) is 0 Å². The molecule has 120 valence electrons. The van der Waals surface area contributed by atoms with E-state index in [0.29, 0.717) is 13.2 Å². The number of nitrogens with one attached hydrogen (secondary N) is 1. The Labute approximate surface area is 127 Å². The van der Waals surface area contributed by atoms with E-state index in [2.05, 4.69) is 5.32 Å². The summed E-state index contributed by atoms with van der Waals surface area (Å²) in [6.07, 6.45) is 6.59. The third kappa shape index (κ3) is 3.07. The van der Waals surface area contributed by atoms with Crippen molar-refractivity contribution < 1.29 is 14.3 Å². The molecule has 2 aliphatic rings. The highest BCUT2D eigenvalue weighted by molar-refractivity contribution is 6.01. The summed E-state index contributed by atoms with van der Waals surface area (Å²) in [4.78, 5) is 27.4. The molecular weight excluding hydrogens is 268 g/mol. The fourth-order valence-corrected chi connectivity index (χ4v) is 3.57. The van der Waals surface area contributed by atoms with Crippen molar-refractivity contribution in [3.8, 4) is 0 Å². The summed E-state index contributed by atoms with van der Waals surface area (Å²) in [7, 11) is 1.69. The lowest BCUT2D eigenvalue weighted by Gasteiger charge is -2.52. The third-order valence-electron chi connectivity index (χ3n) is 4.81. The van der Waals surface area contributed by atoms with E-state index in [1.807, 2.05) is 4.90 Å². The fourth-order valence-electron chi connectivity index (χ4n) is 3.57. The van der Waals surface area contributed by atoms with Crippen LogP contribution in [0.25, 0.3) is 0 Å². The Bertz CT molecular complexity index is 400. The van der Waals surface area contributed by atoms with Gasteiger partial charge in [-0.25, -0.2) is 0 Å². The lowest BCUT2D eigenvalue weighted by Crippen LogP contribution is -2.74. The minimum Gasteiger partial charge on any atom is -0.385 e. The lowest BCUT2D eigenvalue weighted by molar-refractivity contribution is -0.164. The van der Waals surface area contributed by atoms with E-state index in [-0.39, 0.29) is 11.8 Å². The smallest absolute Gasteiger partial charge is 0.248 e. The number of rotatable bonds is 5.